The van der Waals surface area contributed by atoms with Crippen molar-refractivity contribution < 1.29 is 9.00 Å². The Hall–Kier alpha value is -0.420. The summed E-state index contributed by atoms with van der Waals surface area (Å²) in [6, 6.07) is 0.405. The second-order valence-corrected chi connectivity index (χ2v) is 7.25. The predicted octanol–water partition coefficient (Wildman–Crippen LogP) is 1.57. The van der Waals surface area contributed by atoms with Gasteiger partial charge in [0.15, 0.2) is 0 Å². The van der Waals surface area contributed by atoms with Gasteiger partial charge in [-0.3, -0.25) is 9.00 Å². The van der Waals surface area contributed by atoms with Gasteiger partial charge in [0.1, 0.15) is 0 Å². The number of carbonyl (C=O) groups excluding carboxylic acids is 1. The lowest BCUT2D eigenvalue weighted by atomic mass is 9.95. The molecule has 1 fully saturated rings. The lowest BCUT2D eigenvalue weighted by Gasteiger charge is -2.26. The number of hydrogen-bond donors (Lipinski definition) is 2. The molecule has 1 amide bonds. The third-order valence-electron chi connectivity index (χ3n) is 3.72. The summed E-state index contributed by atoms with van der Waals surface area (Å²) in [7, 11) is -0.758. The van der Waals surface area contributed by atoms with Gasteiger partial charge in [-0.15, -0.1) is 0 Å². The van der Waals surface area contributed by atoms with Crippen molar-refractivity contribution in [3.8, 4) is 0 Å². The lowest BCUT2D eigenvalue weighted by Crippen LogP contribution is -2.49. The highest BCUT2D eigenvalue weighted by Gasteiger charge is 2.20. The highest BCUT2D eigenvalue weighted by atomic mass is 32.2. The summed E-state index contributed by atoms with van der Waals surface area (Å²) in [4.78, 5) is 12.1. The molecule has 0 aliphatic heterocycles. The maximum absolute atomic E-state index is 12.1. The van der Waals surface area contributed by atoms with Gasteiger partial charge in [-0.05, 0) is 33.1 Å². The smallest absolute Gasteiger partial charge is 0.237 e. The molecule has 1 aliphatic carbocycles. The fraction of sp³-hybridized carbons (Fsp3) is 0.929. The fourth-order valence-corrected chi connectivity index (χ4v) is 3.19. The van der Waals surface area contributed by atoms with Crippen LogP contribution in [0.15, 0.2) is 0 Å². The molecule has 3 atom stereocenters. The molecule has 3 unspecified atom stereocenters. The first-order chi connectivity index (χ1) is 8.99. The van der Waals surface area contributed by atoms with Crippen LogP contribution in [-0.2, 0) is 15.6 Å². The second kappa shape index (κ2) is 8.69. The minimum atomic E-state index is -0.758. The van der Waals surface area contributed by atoms with Crippen LogP contribution in [0.5, 0.6) is 0 Å². The molecule has 0 aromatic rings. The predicted molar refractivity (Wildman–Crippen MR) is 80.6 cm³/mol. The highest BCUT2D eigenvalue weighted by Crippen LogP contribution is 2.17. The standard InChI is InChI=1S/C14H28N2O2S/c1-11(9-10-19(3)18)15-12(2)14(17)16-13-7-5-4-6-8-13/h11-13,15H,4-10H2,1-3H3,(H,16,17). The summed E-state index contributed by atoms with van der Waals surface area (Å²) >= 11 is 0. The van der Waals surface area contributed by atoms with Crippen LogP contribution in [0.3, 0.4) is 0 Å². The number of amides is 1. The zero-order chi connectivity index (χ0) is 14.3. The molecule has 0 radical (unpaired) electrons. The van der Waals surface area contributed by atoms with Crippen LogP contribution in [0.25, 0.3) is 0 Å². The molecule has 0 aromatic carbocycles. The number of carbonyl (C=O) groups is 1. The maximum atomic E-state index is 12.1. The third kappa shape index (κ3) is 7.06. The van der Waals surface area contributed by atoms with E-state index in [0.29, 0.717) is 11.8 Å². The molecule has 0 spiro atoms. The Kier molecular flexibility index (Phi) is 7.61. The first kappa shape index (κ1) is 16.6. The maximum Gasteiger partial charge on any atom is 0.237 e. The van der Waals surface area contributed by atoms with Gasteiger partial charge in [0.25, 0.3) is 0 Å². The van der Waals surface area contributed by atoms with Gasteiger partial charge in [0.05, 0.1) is 6.04 Å². The van der Waals surface area contributed by atoms with E-state index in [1.807, 2.05) is 13.8 Å². The van der Waals surface area contributed by atoms with E-state index in [1.54, 1.807) is 6.26 Å². The molecule has 19 heavy (non-hydrogen) atoms. The summed E-state index contributed by atoms with van der Waals surface area (Å²) in [5.74, 6) is 0.780. The van der Waals surface area contributed by atoms with Crippen LogP contribution in [0.4, 0.5) is 0 Å². The Morgan fingerprint density at radius 2 is 1.89 bits per heavy atom. The molecule has 0 saturated heterocycles. The third-order valence-corrected chi connectivity index (χ3v) is 4.53. The van der Waals surface area contributed by atoms with Crippen molar-refractivity contribution in [1.82, 2.24) is 10.6 Å². The first-order valence-electron chi connectivity index (χ1n) is 7.35. The van der Waals surface area contributed by atoms with Crippen molar-refractivity contribution in [3.05, 3.63) is 0 Å². The molecule has 112 valence electrons. The first-order valence-corrected chi connectivity index (χ1v) is 9.08. The monoisotopic (exact) mass is 288 g/mol. The van der Waals surface area contributed by atoms with Crippen LogP contribution in [0, 0.1) is 0 Å². The quantitative estimate of drug-likeness (QED) is 0.747. The van der Waals surface area contributed by atoms with Crippen LogP contribution in [0.2, 0.25) is 0 Å². The Labute approximate surface area is 119 Å². The Morgan fingerprint density at radius 3 is 2.47 bits per heavy atom. The van der Waals surface area contributed by atoms with E-state index in [4.69, 9.17) is 0 Å². The van der Waals surface area contributed by atoms with Crippen molar-refractivity contribution in [2.45, 2.75) is 70.5 Å². The van der Waals surface area contributed by atoms with E-state index in [0.717, 1.165) is 19.3 Å². The minimum Gasteiger partial charge on any atom is -0.352 e. The Morgan fingerprint density at radius 1 is 1.26 bits per heavy atom. The molecule has 0 heterocycles. The zero-order valence-corrected chi connectivity index (χ0v) is 13.2. The Balaban J connectivity index is 2.25. The van der Waals surface area contributed by atoms with Crippen molar-refractivity contribution in [3.63, 3.8) is 0 Å². The summed E-state index contributed by atoms with van der Waals surface area (Å²) in [6.07, 6.45) is 8.53. The molecule has 1 saturated carbocycles. The van der Waals surface area contributed by atoms with E-state index in [-0.39, 0.29) is 18.0 Å². The molecule has 2 N–H and O–H groups in total. The molecule has 0 bridgehead atoms. The van der Waals surface area contributed by atoms with Gasteiger partial charge in [0, 0.05) is 34.9 Å². The molecule has 5 heteroatoms. The van der Waals surface area contributed by atoms with Gasteiger partial charge < -0.3 is 10.6 Å². The molecule has 1 aliphatic rings. The second-order valence-electron chi connectivity index (χ2n) is 5.70. The molecule has 1 rings (SSSR count). The fourth-order valence-electron chi connectivity index (χ4n) is 2.50. The van der Waals surface area contributed by atoms with Crippen LogP contribution in [0.1, 0.15) is 52.4 Å². The molecule has 0 aromatic heterocycles. The lowest BCUT2D eigenvalue weighted by molar-refractivity contribution is -0.123. The molecule has 4 nitrogen and oxygen atoms in total. The average Bonchev–Trinajstić information content (AvgIpc) is 2.37. The summed E-state index contributed by atoms with van der Waals surface area (Å²) in [5.41, 5.74) is 0. The average molecular weight is 288 g/mol. The van der Waals surface area contributed by atoms with Crippen LogP contribution in [-0.4, -0.2) is 40.3 Å². The number of nitrogens with one attached hydrogen (secondary N) is 2. The normalized spacial score (nSPS) is 21.6. The van der Waals surface area contributed by atoms with E-state index in [1.165, 1.54) is 19.3 Å². The Bertz CT molecular complexity index is 304. The van der Waals surface area contributed by atoms with Crippen molar-refractivity contribution in [2.24, 2.45) is 0 Å². The van der Waals surface area contributed by atoms with E-state index in [2.05, 4.69) is 10.6 Å². The van der Waals surface area contributed by atoms with Gasteiger partial charge in [-0.1, -0.05) is 19.3 Å². The summed E-state index contributed by atoms with van der Waals surface area (Å²) in [5, 5.41) is 6.41. The van der Waals surface area contributed by atoms with Crippen molar-refractivity contribution in [1.29, 1.82) is 0 Å². The minimum absolute atomic E-state index is 0.0939. The van der Waals surface area contributed by atoms with Crippen LogP contribution >= 0.6 is 0 Å². The SMILES string of the molecule is CC(CCS(C)=O)NC(C)C(=O)NC1CCCCC1. The topological polar surface area (TPSA) is 58.2 Å². The van der Waals surface area contributed by atoms with Crippen LogP contribution < -0.4 is 10.6 Å². The van der Waals surface area contributed by atoms with Crippen molar-refractivity contribution >= 4 is 16.7 Å². The van der Waals surface area contributed by atoms with Crippen molar-refractivity contribution in [2.75, 3.05) is 12.0 Å². The summed E-state index contributed by atoms with van der Waals surface area (Å²) < 4.78 is 11.0. The van der Waals surface area contributed by atoms with Gasteiger partial charge in [-0.25, -0.2) is 0 Å². The molecular formula is C14H28N2O2S. The van der Waals surface area contributed by atoms with Gasteiger partial charge >= 0.3 is 0 Å². The zero-order valence-electron chi connectivity index (χ0n) is 12.4. The van der Waals surface area contributed by atoms with Gasteiger partial charge in [-0.2, -0.15) is 0 Å². The van der Waals surface area contributed by atoms with E-state index < -0.39 is 10.8 Å². The summed E-state index contributed by atoms with van der Waals surface area (Å²) in [6.45, 7) is 3.94. The van der Waals surface area contributed by atoms with E-state index >= 15 is 0 Å². The highest BCUT2D eigenvalue weighted by molar-refractivity contribution is 7.84. The molecular weight excluding hydrogens is 260 g/mol. The number of rotatable bonds is 7. The number of hydrogen-bond acceptors (Lipinski definition) is 3. The van der Waals surface area contributed by atoms with Gasteiger partial charge in [0.2, 0.25) is 5.91 Å². The van der Waals surface area contributed by atoms with E-state index in [9.17, 15) is 9.00 Å². The largest absolute Gasteiger partial charge is 0.352 e.